The van der Waals surface area contributed by atoms with Gasteiger partial charge in [-0.15, -0.1) is 0 Å². The molecule has 1 aliphatic heterocycles. The van der Waals surface area contributed by atoms with Gasteiger partial charge in [-0.3, -0.25) is 0 Å². The molecule has 22 heavy (non-hydrogen) atoms. The second-order valence-corrected chi connectivity index (χ2v) is 5.68. The Bertz CT molecular complexity index is 802. The van der Waals surface area contributed by atoms with Crippen LogP contribution in [0.3, 0.4) is 0 Å². The Balaban J connectivity index is 1.78. The van der Waals surface area contributed by atoms with Crippen molar-refractivity contribution in [2.45, 2.75) is 6.23 Å². The first-order valence-corrected chi connectivity index (χ1v) is 7.56. The van der Waals surface area contributed by atoms with Gasteiger partial charge < -0.3 is 10.1 Å². The summed E-state index contributed by atoms with van der Waals surface area (Å²) in [5.41, 5.74) is 4.26. The van der Waals surface area contributed by atoms with E-state index in [1.165, 1.54) is 0 Å². The molecule has 1 heterocycles. The predicted octanol–water partition coefficient (Wildman–Crippen LogP) is 5.51. The van der Waals surface area contributed by atoms with Crippen LogP contribution in [-0.4, -0.2) is 0 Å². The van der Waals surface area contributed by atoms with E-state index in [4.69, 9.17) is 16.3 Å². The average Bonchev–Trinajstić information content (AvgIpc) is 2.99. The van der Waals surface area contributed by atoms with Gasteiger partial charge in [-0.25, -0.2) is 0 Å². The number of ether oxygens (including phenoxy) is 1. The van der Waals surface area contributed by atoms with E-state index in [0.717, 1.165) is 28.1 Å². The molecule has 1 N–H and O–H groups in total. The summed E-state index contributed by atoms with van der Waals surface area (Å²) in [4.78, 5) is 0. The Morgan fingerprint density at radius 1 is 0.864 bits per heavy atom. The van der Waals surface area contributed by atoms with Gasteiger partial charge in [-0.1, -0.05) is 72.3 Å². The van der Waals surface area contributed by atoms with E-state index in [9.17, 15) is 0 Å². The van der Waals surface area contributed by atoms with Crippen LogP contribution in [0.25, 0.3) is 11.1 Å². The number of fused-ring (bicyclic) bond motifs is 1. The maximum absolute atomic E-state index is 6.26. The number of benzene rings is 3. The van der Waals surface area contributed by atoms with Crippen LogP contribution >= 0.6 is 11.6 Å². The second-order valence-electron chi connectivity index (χ2n) is 5.25. The quantitative estimate of drug-likeness (QED) is 0.674. The molecule has 0 radical (unpaired) electrons. The van der Waals surface area contributed by atoms with E-state index in [1.54, 1.807) is 0 Å². The molecule has 4 rings (SSSR count). The van der Waals surface area contributed by atoms with E-state index in [1.807, 2.05) is 60.7 Å². The Kier molecular flexibility index (Phi) is 3.24. The zero-order valence-electron chi connectivity index (χ0n) is 11.8. The van der Waals surface area contributed by atoms with E-state index in [2.05, 4.69) is 17.4 Å². The average molecular weight is 308 g/mol. The first-order valence-electron chi connectivity index (χ1n) is 7.18. The molecule has 108 valence electrons. The van der Waals surface area contributed by atoms with E-state index in [-0.39, 0.29) is 6.23 Å². The fourth-order valence-corrected chi connectivity index (χ4v) is 2.94. The molecule has 0 aliphatic carbocycles. The summed E-state index contributed by atoms with van der Waals surface area (Å²) in [5, 5.41) is 4.14. The van der Waals surface area contributed by atoms with E-state index >= 15 is 0 Å². The number of hydrogen-bond donors (Lipinski definition) is 1. The van der Waals surface area contributed by atoms with Crippen molar-refractivity contribution in [1.82, 2.24) is 0 Å². The van der Waals surface area contributed by atoms with Crippen molar-refractivity contribution in [2.24, 2.45) is 0 Å². The second kappa shape index (κ2) is 5.39. The number of anilines is 1. The number of nitrogens with one attached hydrogen (secondary N) is 1. The van der Waals surface area contributed by atoms with E-state index in [0.29, 0.717) is 5.02 Å². The van der Waals surface area contributed by atoms with Gasteiger partial charge in [0.25, 0.3) is 0 Å². The van der Waals surface area contributed by atoms with Gasteiger partial charge in [-0.05, 0) is 11.6 Å². The third kappa shape index (κ3) is 2.32. The smallest absolute Gasteiger partial charge is 0.196 e. The third-order valence-corrected chi connectivity index (χ3v) is 3.99. The Hall–Kier alpha value is -2.45. The van der Waals surface area contributed by atoms with Gasteiger partial charge in [0.1, 0.15) is 5.75 Å². The van der Waals surface area contributed by atoms with Crippen molar-refractivity contribution in [3.8, 4) is 16.9 Å². The molecule has 0 aromatic heterocycles. The van der Waals surface area contributed by atoms with Gasteiger partial charge in [0.15, 0.2) is 6.23 Å². The lowest BCUT2D eigenvalue weighted by atomic mass is 10.0. The zero-order valence-corrected chi connectivity index (χ0v) is 12.5. The van der Waals surface area contributed by atoms with Crippen molar-refractivity contribution >= 4 is 17.3 Å². The van der Waals surface area contributed by atoms with Gasteiger partial charge in [0.05, 0.1) is 5.69 Å². The summed E-state index contributed by atoms with van der Waals surface area (Å²) in [6.07, 6.45) is -0.183. The standard InChI is InChI=1S/C19H14ClNO/c20-15-11-16(13-7-3-1-4-8-13)18-17(12-15)22-19(21-18)14-9-5-2-6-10-14/h1-12,19,21H. The van der Waals surface area contributed by atoms with Crippen LogP contribution in [0.4, 0.5) is 5.69 Å². The van der Waals surface area contributed by atoms with Crippen molar-refractivity contribution in [3.05, 3.63) is 83.4 Å². The van der Waals surface area contributed by atoms with Crippen LogP contribution in [0.1, 0.15) is 11.8 Å². The summed E-state index contributed by atoms with van der Waals surface area (Å²) in [6, 6.07) is 24.1. The van der Waals surface area contributed by atoms with Gasteiger partial charge in [0, 0.05) is 22.2 Å². The summed E-state index contributed by atoms with van der Waals surface area (Å²) in [7, 11) is 0. The molecule has 3 aromatic rings. The largest absolute Gasteiger partial charge is 0.464 e. The third-order valence-electron chi connectivity index (χ3n) is 3.77. The molecular weight excluding hydrogens is 294 g/mol. The molecule has 0 bridgehead atoms. The number of halogens is 1. The molecule has 0 saturated carbocycles. The number of rotatable bonds is 2. The Morgan fingerprint density at radius 2 is 1.55 bits per heavy atom. The molecule has 1 atom stereocenters. The SMILES string of the molecule is Clc1cc2c(c(-c3ccccc3)c1)NC(c1ccccc1)O2. The highest BCUT2D eigenvalue weighted by molar-refractivity contribution is 6.31. The van der Waals surface area contributed by atoms with Crippen molar-refractivity contribution in [1.29, 1.82) is 0 Å². The Labute approximate surface area is 134 Å². The first kappa shape index (κ1) is 13.2. The van der Waals surface area contributed by atoms with Crippen LogP contribution in [-0.2, 0) is 0 Å². The normalized spacial score (nSPS) is 15.8. The molecule has 0 saturated heterocycles. The minimum absolute atomic E-state index is 0.183. The monoisotopic (exact) mass is 307 g/mol. The zero-order chi connectivity index (χ0) is 14.9. The highest BCUT2D eigenvalue weighted by atomic mass is 35.5. The van der Waals surface area contributed by atoms with Gasteiger partial charge in [-0.2, -0.15) is 0 Å². The maximum atomic E-state index is 6.26. The molecule has 1 unspecified atom stereocenters. The summed E-state index contributed by atoms with van der Waals surface area (Å²) in [6.45, 7) is 0. The molecule has 3 heteroatoms. The van der Waals surface area contributed by atoms with E-state index < -0.39 is 0 Å². The lowest BCUT2D eigenvalue weighted by molar-refractivity contribution is 0.260. The molecule has 3 aromatic carbocycles. The Morgan fingerprint density at radius 3 is 2.27 bits per heavy atom. The minimum atomic E-state index is -0.183. The van der Waals surface area contributed by atoms with Crippen LogP contribution in [0.2, 0.25) is 5.02 Å². The fourth-order valence-electron chi connectivity index (χ4n) is 2.74. The summed E-state index contributed by atoms with van der Waals surface area (Å²) in [5.74, 6) is 0.792. The predicted molar refractivity (Wildman–Crippen MR) is 90.3 cm³/mol. The highest BCUT2D eigenvalue weighted by Gasteiger charge is 2.26. The van der Waals surface area contributed by atoms with Crippen LogP contribution in [0.5, 0.6) is 5.75 Å². The minimum Gasteiger partial charge on any atom is -0.464 e. The molecule has 1 aliphatic rings. The molecule has 0 fully saturated rings. The van der Waals surface area contributed by atoms with Crippen molar-refractivity contribution in [3.63, 3.8) is 0 Å². The molecular formula is C19H14ClNO. The molecule has 0 amide bonds. The van der Waals surface area contributed by atoms with Crippen LogP contribution < -0.4 is 10.1 Å². The number of hydrogen-bond acceptors (Lipinski definition) is 2. The highest BCUT2D eigenvalue weighted by Crippen LogP contribution is 2.45. The maximum Gasteiger partial charge on any atom is 0.196 e. The lowest BCUT2D eigenvalue weighted by Gasteiger charge is -2.11. The fraction of sp³-hybridized carbons (Fsp3) is 0.0526. The van der Waals surface area contributed by atoms with Crippen LogP contribution in [0.15, 0.2) is 72.8 Å². The van der Waals surface area contributed by atoms with Crippen molar-refractivity contribution in [2.75, 3.05) is 5.32 Å². The summed E-state index contributed by atoms with van der Waals surface area (Å²) >= 11 is 6.26. The molecule has 0 spiro atoms. The van der Waals surface area contributed by atoms with Gasteiger partial charge in [0.2, 0.25) is 0 Å². The molecule has 2 nitrogen and oxygen atoms in total. The first-order chi connectivity index (χ1) is 10.8. The summed E-state index contributed by atoms with van der Waals surface area (Å²) < 4.78 is 6.04. The van der Waals surface area contributed by atoms with Crippen molar-refractivity contribution < 1.29 is 4.74 Å². The topological polar surface area (TPSA) is 21.3 Å². The lowest BCUT2D eigenvalue weighted by Crippen LogP contribution is -2.09. The van der Waals surface area contributed by atoms with Crippen LogP contribution in [0, 0.1) is 0 Å². The van der Waals surface area contributed by atoms with Gasteiger partial charge >= 0.3 is 0 Å².